The molecule has 0 saturated carbocycles. The maximum Gasteiger partial charge on any atom is 0.328 e. The van der Waals surface area contributed by atoms with Gasteiger partial charge in [-0.2, -0.15) is 8.42 Å². The standard InChI is InChI=1S/C9H11NO5S/c1-10(2)8(11)5-3-7-4-6-9(15-7)16(12,13)14/h3-6H,1-2H3,(H,12,13,14). The van der Waals surface area contributed by atoms with Gasteiger partial charge in [-0.25, -0.2) is 0 Å². The second-order valence-corrected chi connectivity index (χ2v) is 4.55. The minimum Gasteiger partial charge on any atom is -0.443 e. The van der Waals surface area contributed by atoms with Crippen molar-refractivity contribution in [2.24, 2.45) is 0 Å². The summed E-state index contributed by atoms with van der Waals surface area (Å²) in [5.41, 5.74) is 0. The van der Waals surface area contributed by atoms with E-state index in [1.807, 2.05) is 0 Å². The van der Waals surface area contributed by atoms with Gasteiger partial charge in [0.1, 0.15) is 5.76 Å². The van der Waals surface area contributed by atoms with Crippen LogP contribution in [0.15, 0.2) is 27.7 Å². The molecule has 0 fully saturated rings. The number of carbonyl (C=O) groups is 1. The number of amides is 1. The molecule has 0 aliphatic rings. The molecule has 0 aliphatic carbocycles. The summed E-state index contributed by atoms with van der Waals surface area (Å²) in [6, 6.07) is 2.44. The van der Waals surface area contributed by atoms with Crippen molar-refractivity contribution in [2.45, 2.75) is 5.09 Å². The fourth-order valence-corrected chi connectivity index (χ4v) is 1.31. The van der Waals surface area contributed by atoms with Gasteiger partial charge in [-0.15, -0.1) is 0 Å². The first-order valence-electron chi connectivity index (χ1n) is 4.27. The minimum absolute atomic E-state index is 0.169. The van der Waals surface area contributed by atoms with Crippen LogP contribution >= 0.6 is 0 Å². The maximum absolute atomic E-state index is 11.1. The Morgan fingerprint density at radius 2 is 2.06 bits per heavy atom. The van der Waals surface area contributed by atoms with E-state index in [-0.39, 0.29) is 11.7 Å². The summed E-state index contributed by atoms with van der Waals surface area (Å²) in [6.45, 7) is 0. The molecule has 1 heterocycles. The third kappa shape index (κ3) is 3.21. The average Bonchev–Trinajstić information content (AvgIpc) is 2.61. The molecule has 1 amide bonds. The first kappa shape index (κ1) is 12.5. The molecule has 1 rings (SSSR count). The van der Waals surface area contributed by atoms with E-state index < -0.39 is 15.2 Å². The zero-order valence-corrected chi connectivity index (χ0v) is 9.56. The van der Waals surface area contributed by atoms with E-state index in [2.05, 4.69) is 0 Å². The van der Waals surface area contributed by atoms with Crippen LogP contribution in [0.4, 0.5) is 0 Å². The van der Waals surface area contributed by atoms with Crippen LogP contribution in [0.25, 0.3) is 6.08 Å². The molecule has 1 aromatic rings. The van der Waals surface area contributed by atoms with E-state index in [1.54, 1.807) is 14.1 Å². The number of furan rings is 1. The number of carbonyl (C=O) groups excluding carboxylic acids is 1. The molecule has 0 bridgehead atoms. The van der Waals surface area contributed by atoms with Gasteiger partial charge in [-0.1, -0.05) is 0 Å². The highest BCUT2D eigenvalue weighted by atomic mass is 32.2. The van der Waals surface area contributed by atoms with Gasteiger partial charge >= 0.3 is 10.1 Å². The van der Waals surface area contributed by atoms with Crippen molar-refractivity contribution in [3.8, 4) is 0 Å². The van der Waals surface area contributed by atoms with Crippen LogP contribution in [-0.2, 0) is 14.9 Å². The van der Waals surface area contributed by atoms with Crippen molar-refractivity contribution in [3.63, 3.8) is 0 Å². The first-order chi connectivity index (χ1) is 7.30. The number of hydrogen-bond acceptors (Lipinski definition) is 4. The lowest BCUT2D eigenvalue weighted by molar-refractivity contribution is -0.123. The van der Waals surface area contributed by atoms with E-state index >= 15 is 0 Å². The summed E-state index contributed by atoms with van der Waals surface area (Å²) in [6.07, 6.45) is 2.55. The van der Waals surface area contributed by atoms with Crippen LogP contribution in [0, 0.1) is 0 Å². The molecule has 1 aromatic heterocycles. The lowest BCUT2D eigenvalue weighted by Gasteiger charge is -2.04. The molecule has 0 aliphatic heterocycles. The Hall–Kier alpha value is -1.60. The van der Waals surface area contributed by atoms with Crippen molar-refractivity contribution in [3.05, 3.63) is 24.0 Å². The lowest BCUT2D eigenvalue weighted by Crippen LogP contribution is -2.18. The molecule has 0 aromatic carbocycles. The molecule has 0 saturated heterocycles. The van der Waals surface area contributed by atoms with Gasteiger partial charge in [-0.05, 0) is 18.2 Å². The minimum atomic E-state index is -4.33. The van der Waals surface area contributed by atoms with Crippen molar-refractivity contribution < 1.29 is 22.2 Å². The van der Waals surface area contributed by atoms with Gasteiger partial charge in [0.25, 0.3) is 0 Å². The van der Waals surface area contributed by atoms with Crippen molar-refractivity contribution in [1.82, 2.24) is 4.90 Å². The predicted octanol–water partition coefficient (Wildman–Crippen LogP) is 0.628. The highest BCUT2D eigenvalue weighted by Crippen LogP contribution is 2.14. The van der Waals surface area contributed by atoms with Crippen LogP contribution < -0.4 is 0 Å². The molecule has 6 nitrogen and oxygen atoms in total. The summed E-state index contributed by atoms with van der Waals surface area (Å²) in [7, 11) is -1.17. The Balaban J connectivity index is 2.85. The fourth-order valence-electron chi connectivity index (χ4n) is 0.865. The van der Waals surface area contributed by atoms with Crippen LogP contribution in [0.1, 0.15) is 5.76 Å². The molecule has 7 heteroatoms. The first-order valence-corrected chi connectivity index (χ1v) is 5.71. The number of likely N-dealkylation sites (N-methyl/N-ethyl adjacent to an activating group) is 1. The summed E-state index contributed by atoms with van der Waals surface area (Å²) in [5, 5.41) is -0.551. The van der Waals surface area contributed by atoms with Gasteiger partial charge in [-0.3, -0.25) is 9.35 Å². The fraction of sp³-hybridized carbons (Fsp3) is 0.222. The van der Waals surface area contributed by atoms with Gasteiger partial charge in [0.15, 0.2) is 0 Å². The Bertz CT molecular complexity index is 512. The van der Waals surface area contributed by atoms with Crippen LogP contribution in [0.3, 0.4) is 0 Å². The number of rotatable bonds is 3. The topological polar surface area (TPSA) is 87.8 Å². The Kier molecular flexibility index (Phi) is 3.51. The van der Waals surface area contributed by atoms with Gasteiger partial charge in [0.2, 0.25) is 11.0 Å². The smallest absolute Gasteiger partial charge is 0.328 e. The Labute approximate surface area is 92.9 Å². The molecule has 0 radical (unpaired) electrons. The third-order valence-corrected chi connectivity index (χ3v) is 2.42. The lowest BCUT2D eigenvalue weighted by atomic mass is 10.4. The molecule has 1 N–H and O–H groups in total. The quantitative estimate of drug-likeness (QED) is 0.623. The largest absolute Gasteiger partial charge is 0.443 e. The summed E-state index contributed by atoms with van der Waals surface area (Å²) >= 11 is 0. The highest BCUT2D eigenvalue weighted by Gasteiger charge is 2.13. The van der Waals surface area contributed by atoms with E-state index in [4.69, 9.17) is 8.97 Å². The number of hydrogen-bond donors (Lipinski definition) is 1. The Morgan fingerprint density at radius 3 is 2.50 bits per heavy atom. The molecule has 0 spiro atoms. The van der Waals surface area contributed by atoms with Gasteiger partial charge < -0.3 is 9.32 Å². The normalized spacial score (nSPS) is 11.9. The molecule has 0 unspecified atom stereocenters. The monoisotopic (exact) mass is 245 g/mol. The zero-order chi connectivity index (χ0) is 12.3. The third-order valence-electron chi connectivity index (χ3n) is 1.69. The molecular weight excluding hydrogens is 234 g/mol. The summed E-state index contributed by atoms with van der Waals surface area (Å²) in [4.78, 5) is 12.5. The van der Waals surface area contributed by atoms with E-state index in [0.29, 0.717) is 0 Å². The molecule has 16 heavy (non-hydrogen) atoms. The molecular formula is C9H11NO5S. The van der Waals surface area contributed by atoms with Gasteiger partial charge in [0.05, 0.1) is 0 Å². The summed E-state index contributed by atoms with van der Waals surface area (Å²) in [5.74, 6) is -0.0902. The van der Waals surface area contributed by atoms with Gasteiger partial charge in [0, 0.05) is 20.2 Å². The zero-order valence-electron chi connectivity index (χ0n) is 8.75. The highest BCUT2D eigenvalue weighted by molar-refractivity contribution is 7.85. The van der Waals surface area contributed by atoms with Crippen molar-refractivity contribution in [1.29, 1.82) is 0 Å². The second kappa shape index (κ2) is 4.50. The second-order valence-electron chi connectivity index (χ2n) is 3.20. The van der Waals surface area contributed by atoms with E-state index in [1.165, 1.54) is 23.1 Å². The maximum atomic E-state index is 11.1. The molecule has 88 valence electrons. The van der Waals surface area contributed by atoms with E-state index in [0.717, 1.165) is 6.07 Å². The predicted molar refractivity (Wildman–Crippen MR) is 56.3 cm³/mol. The summed E-state index contributed by atoms with van der Waals surface area (Å²) < 4.78 is 34.7. The molecule has 0 atom stereocenters. The number of nitrogens with zero attached hydrogens (tertiary/aromatic N) is 1. The van der Waals surface area contributed by atoms with Crippen LogP contribution in [0.2, 0.25) is 0 Å². The average molecular weight is 245 g/mol. The SMILES string of the molecule is CN(C)C(=O)C=Cc1ccc(S(=O)(=O)O)o1. The van der Waals surface area contributed by atoms with Crippen molar-refractivity contribution in [2.75, 3.05) is 14.1 Å². The van der Waals surface area contributed by atoms with Crippen LogP contribution in [-0.4, -0.2) is 37.9 Å². The Morgan fingerprint density at radius 1 is 1.44 bits per heavy atom. The van der Waals surface area contributed by atoms with E-state index in [9.17, 15) is 13.2 Å². The van der Waals surface area contributed by atoms with Crippen molar-refractivity contribution >= 4 is 22.1 Å². The van der Waals surface area contributed by atoms with Crippen LogP contribution in [0.5, 0.6) is 0 Å².